The third kappa shape index (κ3) is 8.04. The van der Waals surface area contributed by atoms with Gasteiger partial charge >= 0.3 is 11.9 Å². The van der Waals surface area contributed by atoms with Crippen LogP contribution in [0.4, 0.5) is 0 Å². The van der Waals surface area contributed by atoms with Crippen LogP contribution in [0.5, 0.6) is 5.75 Å². The number of nitrogens with zero attached hydrogens (tertiary/aromatic N) is 4. The van der Waals surface area contributed by atoms with E-state index in [-0.39, 0.29) is 55.4 Å². The van der Waals surface area contributed by atoms with E-state index in [2.05, 4.69) is 11.9 Å². The number of hydrogen-bond donors (Lipinski definition) is 1. The molecule has 3 aromatic rings. The van der Waals surface area contributed by atoms with E-state index in [1.807, 2.05) is 29.5 Å². The van der Waals surface area contributed by atoms with Crippen LogP contribution in [0.3, 0.4) is 0 Å². The summed E-state index contributed by atoms with van der Waals surface area (Å²) < 4.78 is 48.1. The summed E-state index contributed by atoms with van der Waals surface area (Å²) in [6.45, 7) is 10.8. The zero-order valence-electron chi connectivity index (χ0n) is 28.2. The van der Waals surface area contributed by atoms with Crippen molar-refractivity contribution in [1.82, 2.24) is 23.7 Å². The Labute approximate surface area is 276 Å². The molecule has 3 heterocycles. The van der Waals surface area contributed by atoms with Gasteiger partial charge in [0.05, 0.1) is 48.6 Å². The van der Waals surface area contributed by atoms with Gasteiger partial charge in [-0.2, -0.15) is 4.31 Å². The van der Waals surface area contributed by atoms with Crippen molar-refractivity contribution in [1.29, 1.82) is 0 Å². The van der Waals surface area contributed by atoms with E-state index in [1.165, 1.54) is 16.4 Å². The summed E-state index contributed by atoms with van der Waals surface area (Å²) in [6, 6.07) is 3.44. The number of carbonyl (C=O) groups is 2. The van der Waals surface area contributed by atoms with E-state index in [4.69, 9.17) is 19.2 Å². The van der Waals surface area contributed by atoms with E-state index < -0.39 is 34.0 Å². The van der Waals surface area contributed by atoms with Crippen LogP contribution in [-0.4, -0.2) is 96.1 Å². The van der Waals surface area contributed by atoms with Gasteiger partial charge in [-0.1, -0.05) is 20.3 Å². The monoisotopic (exact) mass is 673 g/mol. The molecule has 4 rings (SSSR count). The van der Waals surface area contributed by atoms with Crippen LogP contribution < -0.4 is 10.3 Å². The number of rotatable bonds is 15. The average molecular weight is 674 g/mol. The van der Waals surface area contributed by atoms with Crippen LogP contribution in [0.2, 0.25) is 0 Å². The van der Waals surface area contributed by atoms with Gasteiger partial charge in [-0.05, 0) is 64.4 Å². The molecule has 258 valence electrons. The molecule has 1 N–H and O–H groups in total. The first kappa shape index (κ1) is 36.1. The van der Waals surface area contributed by atoms with E-state index in [1.54, 1.807) is 27.0 Å². The number of sulfonamides is 1. The highest BCUT2D eigenvalue weighted by atomic mass is 32.2. The fraction of sp³-hybridized carbons (Fsp3) is 0.576. The minimum atomic E-state index is -4.16. The van der Waals surface area contributed by atoms with Gasteiger partial charge < -0.3 is 23.8 Å². The molecule has 0 aliphatic carbocycles. The molecule has 1 fully saturated rings. The summed E-state index contributed by atoms with van der Waals surface area (Å²) in [6.07, 6.45) is 4.16. The molecule has 0 radical (unpaired) electrons. The van der Waals surface area contributed by atoms with Crippen LogP contribution >= 0.6 is 0 Å². The van der Waals surface area contributed by atoms with Crippen molar-refractivity contribution in [2.24, 2.45) is 0 Å². The molecule has 1 unspecified atom stereocenters. The van der Waals surface area contributed by atoms with Gasteiger partial charge in [-0.25, -0.2) is 13.4 Å². The Morgan fingerprint density at radius 1 is 0.979 bits per heavy atom. The molecule has 2 atom stereocenters. The third-order valence-electron chi connectivity index (χ3n) is 8.36. The molecule has 2 aromatic heterocycles. The lowest BCUT2D eigenvalue weighted by Gasteiger charge is -2.43. The fourth-order valence-electron chi connectivity index (χ4n) is 5.98. The molecule has 1 aromatic carbocycles. The first-order chi connectivity index (χ1) is 22.5. The molecule has 1 aliphatic heterocycles. The van der Waals surface area contributed by atoms with Crippen molar-refractivity contribution in [3.8, 4) is 17.1 Å². The highest BCUT2D eigenvalue weighted by Gasteiger charge is 2.40. The highest BCUT2D eigenvalue weighted by Crippen LogP contribution is 2.34. The lowest BCUT2D eigenvalue weighted by molar-refractivity contribution is -0.146. The number of aromatic nitrogens is 3. The second-order valence-electron chi connectivity index (χ2n) is 11.6. The van der Waals surface area contributed by atoms with Crippen molar-refractivity contribution >= 4 is 33.0 Å². The molecule has 13 nitrogen and oxygen atoms in total. The van der Waals surface area contributed by atoms with Gasteiger partial charge in [-0.3, -0.25) is 19.3 Å². The molecule has 47 heavy (non-hydrogen) atoms. The minimum absolute atomic E-state index is 0.00630. The van der Waals surface area contributed by atoms with Gasteiger partial charge in [0.15, 0.2) is 0 Å². The fourth-order valence-corrected chi connectivity index (χ4v) is 7.52. The Hall–Kier alpha value is -3.75. The smallest absolute Gasteiger partial charge is 0.307 e. The van der Waals surface area contributed by atoms with Gasteiger partial charge in [0.1, 0.15) is 17.1 Å². The quantitative estimate of drug-likeness (QED) is 0.236. The van der Waals surface area contributed by atoms with E-state index in [0.717, 1.165) is 18.4 Å². The summed E-state index contributed by atoms with van der Waals surface area (Å²) >= 11 is 0. The van der Waals surface area contributed by atoms with Crippen LogP contribution in [-0.2, 0) is 42.1 Å². The number of esters is 2. The van der Waals surface area contributed by atoms with Crippen LogP contribution in [0.1, 0.15) is 65.9 Å². The maximum Gasteiger partial charge on any atom is 0.307 e. The summed E-state index contributed by atoms with van der Waals surface area (Å²) in [7, 11) is -2.39. The number of hydrogen-bond acceptors (Lipinski definition) is 10. The number of aryl methyl sites for hydroxylation is 2. The number of carbonyl (C=O) groups excluding carboxylic acids is 2. The van der Waals surface area contributed by atoms with Gasteiger partial charge in [0.25, 0.3) is 5.56 Å². The van der Waals surface area contributed by atoms with Crippen LogP contribution in [0.25, 0.3) is 22.4 Å². The van der Waals surface area contributed by atoms with E-state index in [9.17, 15) is 22.8 Å². The summed E-state index contributed by atoms with van der Waals surface area (Å²) in [5.74, 6) is -0.319. The molecule has 0 saturated carbocycles. The lowest BCUT2D eigenvalue weighted by Crippen LogP contribution is -2.59. The van der Waals surface area contributed by atoms with Crippen molar-refractivity contribution < 1.29 is 32.2 Å². The lowest BCUT2D eigenvalue weighted by atomic mass is 10.0. The van der Waals surface area contributed by atoms with Gasteiger partial charge in [0.2, 0.25) is 10.0 Å². The van der Waals surface area contributed by atoms with Crippen LogP contribution in [0, 0.1) is 0 Å². The predicted molar refractivity (Wildman–Crippen MR) is 178 cm³/mol. The number of likely N-dealkylation sites (N-methyl/N-ethyl adjacent to an activating group) is 1. The highest BCUT2D eigenvalue weighted by molar-refractivity contribution is 7.89. The predicted octanol–water partition coefficient (Wildman–Crippen LogP) is 3.73. The molecule has 0 bridgehead atoms. The Morgan fingerprint density at radius 3 is 2.17 bits per heavy atom. The van der Waals surface area contributed by atoms with Crippen molar-refractivity contribution in [3.05, 3.63) is 40.3 Å². The standard InChI is InChI=1S/C33H47N5O8S/c1-7-12-22-19-37(9-3)31-30(22)34-32(35-33(31)41)26-18-25(13-14-27(26)46-15-8-2)47(42,43)38-20-23(16-28(39)44-10-4)36(6)24(21-38)17-29(40)45-11-5/h13-14,18-19,23-24H,7-12,15-17,20-21H2,1-6H3,(H,34,35,41)/t23-,24?/m0/s1. The average Bonchev–Trinajstić information content (AvgIpc) is 3.40. The Kier molecular flexibility index (Phi) is 12.2. The maximum atomic E-state index is 14.3. The molecule has 1 aliphatic rings. The number of fused-ring (bicyclic) bond motifs is 1. The normalized spacial score (nSPS) is 17.6. The van der Waals surface area contributed by atoms with Gasteiger partial charge in [-0.15, -0.1) is 0 Å². The van der Waals surface area contributed by atoms with E-state index >= 15 is 0 Å². The number of ether oxygens (including phenoxy) is 3. The SMILES string of the molecule is CCCOc1ccc(S(=O)(=O)N2CC(CC(=O)OCC)N(C)[C@@H](CC(=O)OCC)C2)cc1-c1nc2c(CCC)cn(CC)c2c(=O)[nH]1. The zero-order valence-corrected chi connectivity index (χ0v) is 29.0. The zero-order chi connectivity index (χ0) is 34.3. The minimum Gasteiger partial charge on any atom is -0.493 e. The first-order valence-electron chi connectivity index (χ1n) is 16.4. The first-order valence-corrected chi connectivity index (χ1v) is 17.8. The van der Waals surface area contributed by atoms with Crippen molar-refractivity contribution in [2.75, 3.05) is 40.0 Å². The second kappa shape index (κ2) is 15.9. The van der Waals surface area contributed by atoms with Crippen molar-refractivity contribution in [3.63, 3.8) is 0 Å². The molecular weight excluding hydrogens is 626 g/mol. The Balaban J connectivity index is 1.80. The molecule has 0 amide bonds. The second-order valence-corrected chi connectivity index (χ2v) is 13.6. The molecular formula is C33H47N5O8S. The van der Waals surface area contributed by atoms with Crippen molar-refractivity contribution in [2.45, 2.75) is 90.2 Å². The maximum absolute atomic E-state index is 14.3. The number of piperazine rings is 1. The Bertz CT molecular complexity index is 1700. The summed E-state index contributed by atoms with van der Waals surface area (Å²) in [5, 5.41) is 0. The third-order valence-corrected chi connectivity index (χ3v) is 10.2. The number of benzene rings is 1. The van der Waals surface area contributed by atoms with Gasteiger partial charge in [0, 0.05) is 37.9 Å². The molecule has 1 saturated heterocycles. The summed E-state index contributed by atoms with van der Waals surface area (Å²) in [5.41, 5.74) is 1.99. The number of nitrogens with one attached hydrogen (secondary N) is 1. The van der Waals surface area contributed by atoms with E-state index in [0.29, 0.717) is 41.9 Å². The van der Waals surface area contributed by atoms with Crippen LogP contribution in [0.15, 0.2) is 34.1 Å². The molecule has 14 heteroatoms. The number of H-pyrrole nitrogens is 1. The topological polar surface area (TPSA) is 153 Å². The number of aromatic amines is 1. The molecule has 0 spiro atoms. The Morgan fingerprint density at radius 2 is 1.62 bits per heavy atom. The summed E-state index contributed by atoms with van der Waals surface area (Å²) in [4.78, 5) is 48.0. The largest absolute Gasteiger partial charge is 0.493 e.